The molecule has 2 aromatic rings. The van der Waals surface area contributed by atoms with Gasteiger partial charge in [-0.1, -0.05) is 12.1 Å². The minimum atomic E-state index is 0.706. The second-order valence-electron chi connectivity index (χ2n) is 4.44. The highest BCUT2D eigenvalue weighted by Crippen LogP contribution is 2.24. The maximum atomic E-state index is 5.81. The lowest BCUT2D eigenvalue weighted by Crippen LogP contribution is -2.22. The first-order valence-corrected chi connectivity index (χ1v) is 6.18. The largest absolute Gasteiger partial charge is 0.457 e. The van der Waals surface area contributed by atoms with Crippen molar-refractivity contribution in [3.63, 3.8) is 0 Å². The lowest BCUT2D eigenvalue weighted by molar-refractivity contribution is 0.482. The maximum Gasteiger partial charge on any atom is 0.127 e. The van der Waals surface area contributed by atoms with Gasteiger partial charge in [-0.3, -0.25) is 5.43 Å². The average molecular weight is 253 g/mol. The lowest BCUT2D eigenvalue weighted by atomic mass is 10.2. The number of hydrogen-bond donors (Lipinski definition) is 1. The highest BCUT2D eigenvalue weighted by Gasteiger charge is 2.07. The summed E-state index contributed by atoms with van der Waals surface area (Å²) >= 11 is 0. The van der Waals surface area contributed by atoms with Gasteiger partial charge in [0.25, 0.3) is 0 Å². The van der Waals surface area contributed by atoms with Crippen LogP contribution in [-0.4, -0.2) is 13.0 Å². The average Bonchev–Trinajstić information content (AvgIpc) is 2.94. The van der Waals surface area contributed by atoms with Crippen molar-refractivity contribution >= 4 is 12.0 Å². The molecule has 4 heteroatoms. The third-order valence-corrected chi connectivity index (χ3v) is 2.92. The molecule has 3 rings (SSSR count). The van der Waals surface area contributed by atoms with E-state index in [0.717, 1.165) is 17.2 Å². The first kappa shape index (κ1) is 11.6. The summed E-state index contributed by atoms with van der Waals surface area (Å²) in [6.07, 6.45) is 1.77. The van der Waals surface area contributed by atoms with Gasteiger partial charge in [-0.15, -0.1) is 0 Å². The Morgan fingerprint density at radius 3 is 2.63 bits per heavy atom. The van der Waals surface area contributed by atoms with Crippen LogP contribution in [0.2, 0.25) is 0 Å². The molecule has 0 saturated carbocycles. The van der Waals surface area contributed by atoms with Crippen LogP contribution in [0.3, 0.4) is 0 Å². The van der Waals surface area contributed by atoms with Crippen molar-refractivity contribution in [3.8, 4) is 11.5 Å². The fraction of sp³-hybridized carbons (Fsp3) is 0.133. The summed E-state index contributed by atoms with van der Waals surface area (Å²) < 4.78 is 5.81. The van der Waals surface area contributed by atoms with Crippen LogP contribution in [0.15, 0.2) is 53.6 Å². The molecule has 2 aromatic carbocycles. The van der Waals surface area contributed by atoms with Crippen molar-refractivity contribution in [2.75, 3.05) is 11.6 Å². The van der Waals surface area contributed by atoms with E-state index in [9.17, 15) is 0 Å². The highest BCUT2D eigenvalue weighted by molar-refractivity contribution is 5.80. The summed E-state index contributed by atoms with van der Waals surface area (Å²) in [5.74, 6) is 1.69. The zero-order chi connectivity index (χ0) is 13.1. The predicted octanol–water partition coefficient (Wildman–Crippen LogP) is 3.10. The lowest BCUT2D eigenvalue weighted by Gasteiger charge is -2.13. The number of rotatable bonds is 3. The van der Waals surface area contributed by atoms with Crippen molar-refractivity contribution in [2.45, 2.75) is 6.92 Å². The standard InChI is InChI=1S/C15H15N3O/c1-12-3-2-4-15(9-12)19-14-7-5-13(6-8-14)18-10-16-17-11-18/h2-10,17H,11H2,1H3. The van der Waals surface area contributed by atoms with Crippen LogP contribution in [0.4, 0.5) is 5.69 Å². The van der Waals surface area contributed by atoms with E-state index in [2.05, 4.69) is 23.5 Å². The number of hydrogen-bond acceptors (Lipinski definition) is 4. The van der Waals surface area contributed by atoms with E-state index < -0.39 is 0 Å². The fourth-order valence-corrected chi connectivity index (χ4v) is 1.95. The summed E-state index contributed by atoms with van der Waals surface area (Å²) in [6.45, 7) is 2.76. The molecule has 1 aliphatic heterocycles. The van der Waals surface area contributed by atoms with Gasteiger partial charge in [-0.25, -0.2) is 0 Å². The van der Waals surface area contributed by atoms with Gasteiger partial charge in [0, 0.05) is 5.69 Å². The first-order chi connectivity index (χ1) is 9.31. The second-order valence-corrected chi connectivity index (χ2v) is 4.44. The third kappa shape index (κ3) is 2.68. The zero-order valence-corrected chi connectivity index (χ0v) is 10.7. The normalized spacial score (nSPS) is 13.4. The number of nitrogens with zero attached hydrogens (tertiary/aromatic N) is 2. The third-order valence-electron chi connectivity index (χ3n) is 2.92. The monoisotopic (exact) mass is 253 g/mol. The van der Waals surface area contributed by atoms with Crippen molar-refractivity contribution in [2.24, 2.45) is 5.10 Å². The van der Waals surface area contributed by atoms with E-state index in [-0.39, 0.29) is 0 Å². The van der Waals surface area contributed by atoms with Crippen molar-refractivity contribution in [1.82, 2.24) is 5.43 Å². The van der Waals surface area contributed by atoms with E-state index in [1.807, 2.05) is 47.4 Å². The molecule has 0 atom stereocenters. The van der Waals surface area contributed by atoms with Crippen molar-refractivity contribution in [3.05, 3.63) is 54.1 Å². The highest BCUT2D eigenvalue weighted by atomic mass is 16.5. The van der Waals surface area contributed by atoms with Crippen molar-refractivity contribution in [1.29, 1.82) is 0 Å². The summed E-state index contributed by atoms with van der Waals surface area (Å²) in [5.41, 5.74) is 5.17. The van der Waals surface area contributed by atoms with Crippen LogP contribution >= 0.6 is 0 Å². The van der Waals surface area contributed by atoms with Crippen LogP contribution in [-0.2, 0) is 0 Å². The number of benzene rings is 2. The molecule has 0 saturated heterocycles. The Morgan fingerprint density at radius 1 is 1.11 bits per heavy atom. The molecule has 0 fully saturated rings. The first-order valence-electron chi connectivity index (χ1n) is 6.18. The van der Waals surface area contributed by atoms with Crippen molar-refractivity contribution < 1.29 is 4.74 Å². The molecule has 1 aliphatic rings. The molecule has 0 spiro atoms. The minimum Gasteiger partial charge on any atom is -0.457 e. The van der Waals surface area contributed by atoms with Gasteiger partial charge in [0.15, 0.2) is 0 Å². The van der Waals surface area contributed by atoms with Crippen LogP contribution in [0.25, 0.3) is 0 Å². The topological polar surface area (TPSA) is 36.9 Å². The summed E-state index contributed by atoms with van der Waals surface area (Å²) in [7, 11) is 0. The van der Waals surface area contributed by atoms with Gasteiger partial charge in [0.2, 0.25) is 0 Å². The van der Waals surface area contributed by atoms with Crippen LogP contribution in [0, 0.1) is 6.92 Å². The number of hydrazone groups is 1. The van der Waals surface area contributed by atoms with Crippen LogP contribution < -0.4 is 15.1 Å². The summed E-state index contributed by atoms with van der Waals surface area (Å²) in [5, 5.41) is 3.96. The molecule has 0 radical (unpaired) electrons. The van der Waals surface area contributed by atoms with Gasteiger partial charge >= 0.3 is 0 Å². The van der Waals surface area contributed by atoms with Gasteiger partial charge in [-0.05, 0) is 48.9 Å². The maximum absolute atomic E-state index is 5.81. The molecule has 0 aromatic heterocycles. The number of aryl methyl sites for hydroxylation is 1. The van der Waals surface area contributed by atoms with Gasteiger partial charge in [0.05, 0.1) is 0 Å². The van der Waals surface area contributed by atoms with E-state index >= 15 is 0 Å². The Kier molecular flexibility index (Phi) is 3.06. The Balaban J connectivity index is 1.74. The zero-order valence-electron chi connectivity index (χ0n) is 10.7. The molecule has 0 amide bonds. The van der Waals surface area contributed by atoms with Crippen LogP contribution in [0.1, 0.15) is 5.56 Å². The number of anilines is 1. The van der Waals surface area contributed by atoms with E-state index in [1.54, 1.807) is 6.34 Å². The quantitative estimate of drug-likeness (QED) is 0.913. The number of nitrogens with one attached hydrogen (secondary N) is 1. The Bertz CT molecular complexity index is 593. The van der Waals surface area contributed by atoms with Gasteiger partial charge in [0.1, 0.15) is 24.5 Å². The Morgan fingerprint density at radius 2 is 1.95 bits per heavy atom. The molecule has 0 bridgehead atoms. The molecule has 0 aliphatic carbocycles. The molecular formula is C15H15N3O. The van der Waals surface area contributed by atoms with Gasteiger partial charge in [-0.2, -0.15) is 5.10 Å². The summed E-state index contributed by atoms with van der Waals surface area (Å²) in [6, 6.07) is 16.0. The number of ether oxygens (including phenoxy) is 1. The Hall–Kier alpha value is -2.49. The summed E-state index contributed by atoms with van der Waals surface area (Å²) in [4.78, 5) is 2.02. The molecule has 96 valence electrons. The fourth-order valence-electron chi connectivity index (χ4n) is 1.95. The molecule has 19 heavy (non-hydrogen) atoms. The SMILES string of the molecule is Cc1cccc(Oc2ccc(N3C=NNC3)cc2)c1. The van der Waals surface area contributed by atoms with Crippen LogP contribution in [0.5, 0.6) is 11.5 Å². The predicted molar refractivity (Wildman–Crippen MR) is 76.7 cm³/mol. The van der Waals surface area contributed by atoms with E-state index in [4.69, 9.17) is 4.74 Å². The minimum absolute atomic E-state index is 0.706. The molecule has 0 unspecified atom stereocenters. The molecule has 1 heterocycles. The Labute approximate surface area is 112 Å². The molecule has 1 N–H and O–H groups in total. The molecular weight excluding hydrogens is 238 g/mol. The second kappa shape index (κ2) is 5.02. The smallest absolute Gasteiger partial charge is 0.127 e. The van der Waals surface area contributed by atoms with E-state index in [0.29, 0.717) is 6.67 Å². The van der Waals surface area contributed by atoms with E-state index in [1.165, 1.54) is 5.56 Å². The molecule has 4 nitrogen and oxygen atoms in total. The van der Waals surface area contributed by atoms with Gasteiger partial charge < -0.3 is 9.64 Å².